The minimum Gasteiger partial charge on any atom is -0.457 e. The summed E-state index contributed by atoms with van der Waals surface area (Å²) in [5, 5.41) is 42.3. The van der Waals surface area contributed by atoms with Crippen LogP contribution in [0.3, 0.4) is 0 Å². The Labute approximate surface area is 252 Å². The van der Waals surface area contributed by atoms with Gasteiger partial charge >= 0.3 is 5.97 Å². The van der Waals surface area contributed by atoms with E-state index >= 15 is 0 Å². The van der Waals surface area contributed by atoms with Crippen molar-refractivity contribution in [3.05, 3.63) is 11.6 Å². The van der Waals surface area contributed by atoms with Gasteiger partial charge in [-0.05, 0) is 107 Å². The van der Waals surface area contributed by atoms with Crippen LogP contribution in [0, 0.1) is 40.4 Å². The molecule has 1 aliphatic heterocycles. The lowest BCUT2D eigenvalue weighted by atomic mass is 9.46. The van der Waals surface area contributed by atoms with Gasteiger partial charge in [0.25, 0.3) is 0 Å². The zero-order valence-electron chi connectivity index (χ0n) is 26.5. The molecule has 8 heteroatoms. The van der Waals surface area contributed by atoms with Crippen LogP contribution in [0.25, 0.3) is 0 Å². The molecule has 0 aromatic rings. The highest BCUT2D eigenvalue weighted by Gasteiger charge is 2.60. The van der Waals surface area contributed by atoms with E-state index in [1.54, 1.807) is 0 Å². The average molecular weight is 593 g/mol. The molecule has 5 aliphatic rings. The smallest absolute Gasteiger partial charge is 0.303 e. The fourth-order valence-corrected chi connectivity index (χ4v) is 10.3. The number of esters is 1. The second kappa shape index (κ2) is 12.4. The second-order valence-corrected chi connectivity index (χ2v) is 15.4. The fraction of sp³-hybridized carbons (Fsp3) is 0.912. The highest BCUT2D eigenvalue weighted by Crippen LogP contribution is 2.67. The molecule has 0 amide bonds. The molecule has 0 radical (unpaired) electrons. The van der Waals surface area contributed by atoms with Crippen LogP contribution in [-0.2, 0) is 19.0 Å². The second-order valence-electron chi connectivity index (χ2n) is 15.4. The lowest BCUT2D eigenvalue weighted by molar-refractivity contribution is -0.287. The van der Waals surface area contributed by atoms with Crippen molar-refractivity contribution in [3.8, 4) is 0 Å². The molecule has 0 aromatic heterocycles. The maximum Gasteiger partial charge on any atom is 0.303 e. The Kier molecular flexibility index (Phi) is 9.55. The molecule has 5 rings (SSSR count). The summed E-state index contributed by atoms with van der Waals surface area (Å²) < 4.78 is 17.0. The largest absolute Gasteiger partial charge is 0.457 e. The predicted molar refractivity (Wildman–Crippen MR) is 158 cm³/mol. The van der Waals surface area contributed by atoms with Crippen molar-refractivity contribution in [3.63, 3.8) is 0 Å². The Balaban J connectivity index is 1.23. The summed E-state index contributed by atoms with van der Waals surface area (Å²) >= 11 is 0. The van der Waals surface area contributed by atoms with Crippen molar-refractivity contribution in [2.24, 2.45) is 40.4 Å². The molecule has 4 N–H and O–H groups in total. The number of hydrogen-bond donors (Lipinski definition) is 4. The van der Waals surface area contributed by atoms with E-state index in [0.29, 0.717) is 35.5 Å². The molecule has 0 spiro atoms. The van der Waals surface area contributed by atoms with E-state index in [9.17, 15) is 25.2 Å². The summed E-state index contributed by atoms with van der Waals surface area (Å²) in [6, 6.07) is 0. The Morgan fingerprint density at radius 1 is 1.14 bits per heavy atom. The van der Waals surface area contributed by atoms with Crippen LogP contribution < -0.4 is 0 Å². The van der Waals surface area contributed by atoms with Gasteiger partial charge in [0, 0.05) is 12.3 Å². The van der Waals surface area contributed by atoms with Gasteiger partial charge in [0.1, 0.15) is 12.2 Å². The highest BCUT2D eigenvalue weighted by atomic mass is 16.7. The number of fused-ring (bicyclic) bond motifs is 5. The van der Waals surface area contributed by atoms with Crippen molar-refractivity contribution in [2.45, 2.75) is 142 Å². The van der Waals surface area contributed by atoms with Crippen molar-refractivity contribution in [1.29, 1.82) is 0 Å². The molecule has 0 aromatic carbocycles. The fourth-order valence-electron chi connectivity index (χ4n) is 10.3. The van der Waals surface area contributed by atoms with Crippen LogP contribution in [-0.4, -0.2) is 75.9 Å². The summed E-state index contributed by atoms with van der Waals surface area (Å²) in [6.45, 7) is 10.2. The molecule has 4 fully saturated rings. The number of rotatable bonds is 9. The van der Waals surface area contributed by atoms with Crippen LogP contribution >= 0.6 is 0 Å². The summed E-state index contributed by atoms with van der Waals surface area (Å²) in [4.78, 5) is 11.3. The Morgan fingerprint density at radius 2 is 1.90 bits per heavy atom. The van der Waals surface area contributed by atoms with E-state index < -0.39 is 36.2 Å². The standard InChI is InChI=1S/C34H56O8/c1-20(7-6-14-32(3,4)39)25-10-11-26-24-9-8-22-17-23(12-16-34(22,19-35)27(24)13-15-33(25,26)5)42-31-30(38)29(37)28(18-40-31)41-21(2)36/h8,20,23-31,35,37-39H,6-7,9-19H2,1-5H3/t20-,23+,24-,25+,26-,27-,28-,29-,30+,31+,33-,34-/m1/s1. The first-order valence-electron chi connectivity index (χ1n) is 16.6. The molecule has 4 aliphatic carbocycles. The summed E-state index contributed by atoms with van der Waals surface area (Å²) in [7, 11) is 0. The molecule has 1 saturated heterocycles. The van der Waals surface area contributed by atoms with Crippen LogP contribution in [0.4, 0.5) is 0 Å². The van der Waals surface area contributed by atoms with Crippen molar-refractivity contribution < 1.29 is 39.4 Å². The molecule has 0 bridgehead atoms. The Hall–Kier alpha value is -1.03. The van der Waals surface area contributed by atoms with Crippen molar-refractivity contribution in [2.75, 3.05) is 13.2 Å². The number of ether oxygens (including phenoxy) is 3. The quantitative estimate of drug-likeness (QED) is 0.228. The van der Waals surface area contributed by atoms with Gasteiger partial charge < -0.3 is 34.6 Å². The third-order valence-electron chi connectivity index (χ3n) is 12.4. The van der Waals surface area contributed by atoms with E-state index in [2.05, 4.69) is 19.9 Å². The monoisotopic (exact) mass is 592 g/mol. The van der Waals surface area contributed by atoms with Crippen molar-refractivity contribution >= 4 is 5.97 Å². The average Bonchev–Trinajstić information content (AvgIpc) is 3.29. The number of carbonyl (C=O) groups excluding carboxylic acids is 1. The molecule has 1 heterocycles. The number of allylic oxidation sites excluding steroid dienone is 1. The van der Waals surface area contributed by atoms with Crippen molar-refractivity contribution in [1.82, 2.24) is 0 Å². The maximum absolute atomic E-state index is 11.3. The number of aliphatic hydroxyl groups is 4. The van der Waals surface area contributed by atoms with E-state index in [4.69, 9.17) is 14.2 Å². The van der Waals surface area contributed by atoms with E-state index in [0.717, 1.165) is 44.4 Å². The number of carbonyl (C=O) groups is 1. The zero-order valence-corrected chi connectivity index (χ0v) is 26.5. The molecule has 42 heavy (non-hydrogen) atoms. The third-order valence-corrected chi connectivity index (χ3v) is 12.4. The van der Waals surface area contributed by atoms with E-state index in [-0.39, 0.29) is 24.7 Å². The topological polar surface area (TPSA) is 126 Å². The minimum atomic E-state index is -1.30. The molecular formula is C34H56O8. The van der Waals surface area contributed by atoms with Gasteiger partial charge in [-0.15, -0.1) is 0 Å². The molecule has 12 atom stereocenters. The normalized spacial score (nSPS) is 44.4. The van der Waals surface area contributed by atoms with Gasteiger partial charge in [-0.1, -0.05) is 38.3 Å². The first-order valence-corrected chi connectivity index (χ1v) is 16.6. The summed E-state index contributed by atoms with van der Waals surface area (Å²) in [6.07, 6.45) is 9.20. The maximum atomic E-state index is 11.3. The first-order chi connectivity index (χ1) is 19.8. The molecule has 240 valence electrons. The van der Waals surface area contributed by atoms with Crippen LogP contribution in [0.15, 0.2) is 11.6 Å². The van der Waals surface area contributed by atoms with Gasteiger partial charge in [0.2, 0.25) is 0 Å². The van der Waals surface area contributed by atoms with Crippen LogP contribution in [0.1, 0.15) is 105 Å². The lowest BCUT2D eigenvalue weighted by Gasteiger charge is -2.59. The van der Waals surface area contributed by atoms with Gasteiger partial charge in [-0.3, -0.25) is 4.79 Å². The van der Waals surface area contributed by atoms with E-state index in [1.165, 1.54) is 38.2 Å². The van der Waals surface area contributed by atoms with Gasteiger partial charge in [-0.25, -0.2) is 0 Å². The summed E-state index contributed by atoms with van der Waals surface area (Å²) in [5.74, 6) is 2.62. The number of hydrogen-bond acceptors (Lipinski definition) is 8. The highest BCUT2D eigenvalue weighted by molar-refractivity contribution is 5.66. The van der Waals surface area contributed by atoms with E-state index in [1.807, 2.05) is 13.8 Å². The molecule has 0 unspecified atom stereocenters. The molecular weight excluding hydrogens is 536 g/mol. The molecule has 8 nitrogen and oxygen atoms in total. The Morgan fingerprint density at radius 3 is 2.60 bits per heavy atom. The lowest BCUT2D eigenvalue weighted by Crippen LogP contribution is -2.56. The Bertz CT molecular complexity index is 991. The van der Waals surface area contributed by atoms with Gasteiger partial charge in [-0.2, -0.15) is 0 Å². The summed E-state index contributed by atoms with van der Waals surface area (Å²) in [5.41, 5.74) is 0.848. The van der Waals surface area contributed by atoms with Gasteiger partial charge in [0.05, 0.1) is 24.9 Å². The van der Waals surface area contributed by atoms with Gasteiger partial charge in [0.15, 0.2) is 12.4 Å². The third kappa shape index (κ3) is 6.10. The zero-order chi connectivity index (χ0) is 30.4. The molecule has 3 saturated carbocycles. The number of aliphatic hydroxyl groups excluding tert-OH is 3. The predicted octanol–water partition coefficient (Wildman–Crippen LogP) is 4.51. The van der Waals surface area contributed by atoms with Crippen LogP contribution in [0.5, 0.6) is 0 Å². The SMILES string of the molecule is CC(=O)O[C@@H]1CO[C@@H](O[C@H]2CC[C@@]3(CO)C(=CC[C@H]4[C@H]3CC[C@@]3(C)[C@@H]4CC[C@H]3[C@H](C)CCCC(C)(C)O)C2)[C@@H](O)[C@@H]1O. The minimum absolute atomic E-state index is 0.0264. The van der Waals surface area contributed by atoms with Crippen LogP contribution in [0.2, 0.25) is 0 Å². The first kappa shape index (κ1) is 32.4.